The van der Waals surface area contributed by atoms with Crippen LogP contribution in [0.4, 0.5) is 13.2 Å². The van der Waals surface area contributed by atoms with E-state index in [2.05, 4.69) is 10.7 Å². The minimum atomic E-state index is -4.57. The van der Waals surface area contributed by atoms with Crippen LogP contribution in [0.2, 0.25) is 0 Å². The van der Waals surface area contributed by atoms with E-state index in [1.54, 1.807) is 0 Å². The molecule has 1 aromatic heterocycles. The van der Waals surface area contributed by atoms with Gasteiger partial charge < -0.3 is 11.1 Å². The largest absolute Gasteiger partial charge is 0.418 e. The van der Waals surface area contributed by atoms with Crippen molar-refractivity contribution in [3.05, 3.63) is 29.6 Å². The molecule has 0 aliphatic carbocycles. The fourth-order valence-electron chi connectivity index (χ4n) is 1.09. The molecule has 0 radical (unpaired) electrons. The standard InChI is InChI=1S/C9H8F3N3O2/c10-9(11,12)5-2-1-3-14-6(5)4-15-8(17)7(13)16/h1-3H,4H2,(H2,13,16)(H,15,17). The van der Waals surface area contributed by atoms with Crippen molar-refractivity contribution in [1.29, 1.82) is 0 Å². The number of primary amides is 1. The fraction of sp³-hybridized carbons (Fsp3) is 0.222. The number of hydrogen-bond acceptors (Lipinski definition) is 3. The van der Waals surface area contributed by atoms with E-state index in [4.69, 9.17) is 0 Å². The van der Waals surface area contributed by atoms with Crippen molar-refractivity contribution in [1.82, 2.24) is 10.3 Å². The second kappa shape index (κ2) is 4.81. The predicted octanol–water partition coefficient (Wildman–Crippen LogP) is 0.202. The van der Waals surface area contributed by atoms with Crippen molar-refractivity contribution in [2.75, 3.05) is 0 Å². The van der Waals surface area contributed by atoms with Gasteiger partial charge in [0.25, 0.3) is 0 Å². The number of nitrogens with two attached hydrogens (primary N) is 1. The number of rotatable bonds is 2. The van der Waals surface area contributed by atoms with Gasteiger partial charge in [0.1, 0.15) is 0 Å². The summed E-state index contributed by atoms with van der Waals surface area (Å²) in [5.41, 5.74) is 3.28. The Bertz CT molecular complexity index is 445. The van der Waals surface area contributed by atoms with Crippen LogP contribution in [-0.4, -0.2) is 16.8 Å². The molecule has 0 aromatic carbocycles. The maximum absolute atomic E-state index is 12.5. The average molecular weight is 247 g/mol. The second-order valence-corrected chi connectivity index (χ2v) is 3.04. The van der Waals surface area contributed by atoms with Gasteiger partial charge in [-0.05, 0) is 12.1 Å². The third-order valence-electron chi connectivity index (χ3n) is 1.84. The van der Waals surface area contributed by atoms with E-state index < -0.39 is 30.1 Å². The van der Waals surface area contributed by atoms with Crippen LogP contribution in [-0.2, 0) is 22.3 Å². The number of carbonyl (C=O) groups is 2. The summed E-state index contributed by atoms with van der Waals surface area (Å²) in [6, 6.07) is 1.96. The lowest BCUT2D eigenvalue weighted by Crippen LogP contribution is -2.36. The number of halogens is 3. The molecule has 8 heteroatoms. The SMILES string of the molecule is NC(=O)C(=O)NCc1ncccc1C(F)(F)F. The Hall–Kier alpha value is -2.12. The quantitative estimate of drug-likeness (QED) is 0.732. The van der Waals surface area contributed by atoms with Crippen LogP contribution in [0.15, 0.2) is 18.3 Å². The Balaban J connectivity index is 2.85. The van der Waals surface area contributed by atoms with Gasteiger partial charge in [0.2, 0.25) is 0 Å². The molecular formula is C9H8F3N3O2. The van der Waals surface area contributed by atoms with Crippen LogP contribution in [0.3, 0.4) is 0 Å². The molecule has 17 heavy (non-hydrogen) atoms. The number of nitrogens with one attached hydrogen (secondary N) is 1. The third kappa shape index (κ3) is 3.44. The smallest absolute Gasteiger partial charge is 0.361 e. The van der Waals surface area contributed by atoms with Gasteiger partial charge in [-0.3, -0.25) is 14.6 Å². The number of aromatic nitrogens is 1. The van der Waals surface area contributed by atoms with Gasteiger partial charge in [-0.1, -0.05) is 0 Å². The van der Waals surface area contributed by atoms with E-state index >= 15 is 0 Å². The summed E-state index contributed by atoms with van der Waals surface area (Å²) in [6.45, 7) is -0.516. The van der Waals surface area contributed by atoms with Gasteiger partial charge in [0.15, 0.2) is 0 Å². The lowest BCUT2D eigenvalue weighted by molar-refractivity contribution is -0.139. The first-order chi connectivity index (χ1) is 7.82. The molecule has 0 bridgehead atoms. The van der Waals surface area contributed by atoms with Crippen molar-refractivity contribution in [3.8, 4) is 0 Å². The molecule has 1 heterocycles. The lowest BCUT2D eigenvalue weighted by atomic mass is 10.2. The lowest BCUT2D eigenvalue weighted by Gasteiger charge is -2.11. The van der Waals surface area contributed by atoms with E-state index in [0.717, 1.165) is 18.3 Å². The number of amides is 2. The number of alkyl halides is 3. The van der Waals surface area contributed by atoms with Crippen molar-refractivity contribution in [2.24, 2.45) is 5.73 Å². The molecule has 3 N–H and O–H groups in total. The molecule has 0 spiro atoms. The highest BCUT2D eigenvalue weighted by molar-refractivity contribution is 6.34. The Morgan fingerprint density at radius 2 is 2.06 bits per heavy atom. The zero-order valence-corrected chi connectivity index (χ0v) is 8.41. The molecule has 0 saturated carbocycles. The summed E-state index contributed by atoms with van der Waals surface area (Å²) in [4.78, 5) is 24.6. The monoisotopic (exact) mass is 247 g/mol. The predicted molar refractivity (Wildman–Crippen MR) is 50.3 cm³/mol. The van der Waals surface area contributed by atoms with Gasteiger partial charge >= 0.3 is 18.0 Å². The Kier molecular flexibility index (Phi) is 3.66. The fourth-order valence-corrected chi connectivity index (χ4v) is 1.09. The number of pyridine rings is 1. The molecular weight excluding hydrogens is 239 g/mol. The summed E-state index contributed by atoms with van der Waals surface area (Å²) in [7, 11) is 0. The Morgan fingerprint density at radius 3 is 2.59 bits per heavy atom. The van der Waals surface area contributed by atoms with Crippen LogP contribution >= 0.6 is 0 Å². The van der Waals surface area contributed by atoms with Gasteiger partial charge in [-0.2, -0.15) is 13.2 Å². The topological polar surface area (TPSA) is 85.1 Å². The minimum absolute atomic E-state index is 0.380. The Labute approximate surface area is 93.8 Å². The van der Waals surface area contributed by atoms with Crippen molar-refractivity contribution in [2.45, 2.75) is 12.7 Å². The zero-order valence-electron chi connectivity index (χ0n) is 8.41. The summed E-state index contributed by atoms with van der Waals surface area (Å²) >= 11 is 0. The summed E-state index contributed by atoms with van der Waals surface area (Å²) < 4.78 is 37.5. The number of nitrogens with zero attached hydrogens (tertiary/aromatic N) is 1. The maximum atomic E-state index is 12.5. The molecule has 1 aromatic rings. The molecule has 92 valence electrons. The van der Waals surface area contributed by atoms with Crippen molar-refractivity contribution >= 4 is 11.8 Å². The van der Waals surface area contributed by atoms with Gasteiger partial charge in [-0.25, -0.2) is 0 Å². The van der Waals surface area contributed by atoms with E-state index in [0.29, 0.717) is 0 Å². The first-order valence-corrected chi connectivity index (χ1v) is 4.41. The van der Waals surface area contributed by atoms with Crippen LogP contribution in [0.5, 0.6) is 0 Å². The first kappa shape index (κ1) is 12.9. The third-order valence-corrected chi connectivity index (χ3v) is 1.84. The zero-order chi connectivity index (χ0) is 13.1. The number of hydrogen-bond donors (Lipinski definition) is 2. The average Bonchev–Trinajstić information content (AvgIpc) is 2.24. The van der Waals surface area contributed by atoms with E-state index in [1.807, 2.05) is 5.32 Å². The summed E-state index contributed by atoms with van der Waals surface area (Å²) in [6.07, 6.45) is -3.41. The van der Waals surface area contributed by atoms with Crippen LogP contribution in [0.25, 0.3) is 0 Å². The van der Waals surface area contributed by atoms with Crippen LogP contribution < -0.4 is 11.1 Å². The molecule has 0 aliphatic rings. The molecule has 0 saturated heterocycles. The van der Waals surface area contributed by atoms with E-state index in [1.165, 1.54) is 0 Å². The van der Waals surface area contributed by atoms with Gasteiger partial charge in [-0.15, -0.1) is 0 Å². The molecule has 0 aliphatic heterocycles. The molecule has 0 unspecified atom stereocenters. The molecule has 0 fully saturated rings. The first-order valence-electron chi connectivity index (χ1n) is 4.41. The highest BCUT2D eigenvalue weighted by Crippen LogP contribution is 2.30. The van der Waals surface area contributed by atoms with Gasteiger partial charge in [0, 0.05) is 6.20 Å². The highest BCUT2D eigenvalue weighted by atomic mass is 19.4. The van der Waals surface area contributed by atoms with Crippen LogP contribution in [0, 0.1) is 0 Å². The molecule has 5 nitrogen and oxygen atoms in total. The van der Waals surface area contributed by atoms with Crippen LogP contribution in [0.1, 0.15) is 11.3 Å². The summed E-state index contributed by atoms with van der Waals surface area (Å²) in [5, 5.41) is 1.93. The Morgan fingerprint density at radius 1 is 1.41 bits per heavy atom. The molecule has 2 amide bonds. The maximum Gasteiger partial charge on any atom is 0.418 e. The van der Waals surface area contributed by atoms with E-state index in [9.17, 15) is 22.8 Å². The van der Waals surface area contributed by atoms with Crippen molar-refractivity contribution in [3.63, 3.8) is 0 Å². The van der Waals surface area contributed by atoms with Gasteiger partial charge in [0.05, 0.1) is 17.8 Å². The minimum Gasteiger partial charge on any atom is -0.361 e. The second-order valence-electron chi connectivity index (χ2n) is 3.04. The van der Waals surface area contributed by atoms with Crippen molar-refractivity contribution < 1.29 is 22.8 Å². The number of carbonyl (C=O) groups excluding carboxylic acids is 2. The highest BCUT2D eigenvalue weighted by Gasteiger charge is 2.33. The summed E-state index contributed by atoms with van der Waals surface area (Å²) in [5.74, 6) is -2.43. The molecule has 0 atom stereocenters. The van der Waals surface area contributed by atoms with E-state index in [-0.39, 0.29) is 5.69 Å². The molecule has 1 rings (SSSR count). The normalized spacial score (nSPS) is 11.0.